The van der Waals surface area contributed by atoms with Crippen molar-refractivity contribution in [1.82, 2.24) is 25.1 Å². The number of aromatic nitrogens is 2. The number of likely N-dealkylation sites (tertiary alicyclic amines) is 1. The Balaban J connectivity index is 1.64. The van der Waals surface area contributed by atoms with Crippen LogP contribution in [0.3, 0.4) is 0 Å². The maximum absolute atomic E-state index is 12.7. The molecule has 2 N–H and O–H groups in total. The summed E-state index contributed by atoms with van der Waals surface area (Å²) < 4.78 is 0. The first-order valence-electron chi connectivity index (χ1n) is 8.57. The van der Waals surface area contributed by atoms with E-state index in [0.29, 0.717) is 36.1 Å². The number of rotatable bonds is 4. The van der Waals surface area contributed by atoms with Gasteiger partial charge in [0, 0.05) is 39.6 Å². The first-order chi connectivity index (χ1) is 12.5. The molecular weight excluding hydrogens is 334 g/mol. The van der Waals surface area contributed by atoms with Crippen molar-refractivity contribution >= 4 is 22.8 Å². The van der Waals surface area contributed by atoms with Crippen LogP contribution in [-0.2, 0) is 4.79 Å². The number of benzene rings is 1. The molecule has 26 heavy (non-hydrogen) atoms. The zero-order valence-corrected chi connectivity index (χ0v) is 14.9. The molecule has 2 amide bonds. The molecule has 0 radical (unpaired) electrons. The van der Waals surface area contributed by atoms with Crippen molar-refractivity contribution in [3.63, 3.8) is 0 Å². The predicted molar refractivity (Wildman–Crippen MR) is 96.6 cm³/mol. The van der Waals surface area contributed by atoms with E-state index >= 15 is 0 Å². The Kier molecular flexibility index (Phi) is 5.43. The highest BCUT2D eigenvalue weighted by Gasteiger charge is 2.30. The highest BCUT2D eigenvalue weighted by molar-refractivity contribution is 6.04. The summed E-state index contributed by atoms with van der Waals surface area (Å²) in [6.45, 7) is 1.25. The monoisotopic (exact) mass is 357 g/mol. The lowest BCUT2D eigenvalue weighted by molar-refractivity contribution is -0.130. The van der Waals surface area contributed by atoms with Crippen molar-refractivity contribution in [3.8, 4) is 0 Å². The number of fused-ring (bicyclic) bond motifs is 1. The molecule has 0 unspecified atom stereocenters. The molecule has 2 aromatic rings. The van der Waals surface area contributed by atoms with Gasteiger partial charge in [0.2, 0.25) is 5.91 Å². The minimum atomic E-state index is -0.733. The smallest absolute Gasteiger partial charge is 0.253 e. The number of aliphatic hydroxyl groups is 1. The molecule has 1 aromatic heterocycles. The number of piperidine rings is 1. The van der Waals surface area contributed by atoms with Crippen LogP contribution in [0.25, 0.3) is 11.0 Å². The van der Waals surface area contributed by atoms with Gasteiger partial charge in [-0.05, 0) is 18.6 Å². The van der Waals surface area contributed by atoms with Gasteiger partial charge in [-0.3, -0.25) is 24.5 Å². The van der Waals surface area contributed by atoms with Crippen LogP contribution >= 0.6 is 0 Å². The van der Waals surface area contributed by atoms with Crippen LogP contribution in [0.4, 0.5) is 0 Å². The fourth-order valence-corrected chi connectivity index (χ4v) is 3.06. The molecule has 138 valence electrons. The van der Waals surface area contributed by atoms with Gasteiger partial charge in [-0.25, -0.2) is 0 Å². The molecule has 1 aliphatic heterocycles. The van der Waals surface area contributed by atoms with Crippen molar-refractivity contribution in [2.75, 3.05) is 33.7 Å². The summed E-state index contributed by atoms with van der Waals surface area (Å²) in [7, 11) is 3.41. The van der Waals surface area contributed by atoms with E-state index in [9.17, 15) is 14.7 Å². The van der Waals surface area contributed by atoms with Gasteiger partial charge in [0.05, 0.1) is 29.8 Å². The minimum absolute atomic E-state index is 0.00554. The van der Waals surface area contributed by atoms with Crippen LogP contribution in [0.2, 0.25) is 0 Å². The highest BCUT2D eigenvalue weighted by atomic mass is 16.3. The quantitative estimate of drug-likeness (QED) is 0.792. The van der Waals surface area contributed by atoms with Gasteiger partial charge in [-0.2, -0.15) is 0 Å². The second-order valence-electron chi connectivity index (χ2n) is 6.69. The molecule has 1 saturated heterocycles. The first kappa shape index (κ1) is 18.2. The second kappa shape index (κ2) is 7.76. The summed E-state index contributed by atoms with van der Waals surface area (Å²) in [5, 5.41) is 13.3. The third kappa shape index (κ3) is 3.97. The van der Waals surface area contributed by atoms with Crippen molar-refractivity contribution in [2.45, 2.75) is 18.6 Å². The predicted octanol–water partition coefficient (Wildman–Crippen LogP) is -0.117. The largest absolute Gasteiger partial charge is 0.390 e. The standard InChI is InChI=1S/C18H23N5O3/c1-22(2)16(25)11-23-9-6-13(15(24)10-23)21-18(26)12-4-3-5-14-17(12)20-8-7-19-14/h3-5,7-8,13,15,24H,6,9-11H2,1-2H3,(H,21,26)/t13-,15-/m1/s1. The number of hydrogen-bond donors (Lipinski definition) is 2. The molecule has 0 saturated carbocycles. The third-order valence-corrected chi connectivity index (χ3v) is 4.58. The Morgan fingerprint density at radius 1 is 1.31 bits per heavy atom. The third-order valence-electron chi connectivity index (χ3n) is 4.58. The van der Waals surface area contributed by atoms with E-state index < -0.39 is 6.10 Å². The van der Waals surface area contributed by atoms with E-state index in [2.05, 4.69) is 15.3 Å². The molecule has 8 heteroatoms. The maximum atomic E-state index is 12.7. The molecule has 0 aliphatic carbocycles. The zero-order valence-electron chi connectivity index (χ0n) is 14.9. The average molecular weight is 357 g/mol. The number of β-amino-alcohol motifs (C(OH)–C–C–N with tert-alkyl or cyclic N) is 1. The number of carbonyl (C=O) groups is 2. The molecule has 2 heterocycles. The minimum Gasteiger partial charge on any atom is -0.390 e. The highest BCUT2D eigenvalue weighted by Crippen LogP contribution is 2.16. The van der Waals surface area contributed by atoms with E-state index in [1.165, 1.54) is 4.90 Å². The van der Waals surface area contributed by atoms with Gasteiger partial charge in [0.1, 0.15) is 5.52 Å². The van der Waals surface area contributed by atoms with Gasteiger partial charge in [-0.15, -0.1) is 0 Å². The summed E-state index contributed by atoms with van der Waals surface area (Å²) >= 11 is 0. The van der Waals surface area contributed by atoms with Gasteiger partial charge in [0.15, 0.2) is 0 Å². The second-order valence-corrected chi connectivity index (χ2v) is 6.69. The van der Waals surface area contributed by atoms with Crippen LogP contribution in [0.5, 0.6) is 0 Å². The first-order valence-corrected chi connectivity index (χ1v) is 8.57. The van der Waals surface area contributed by atoms with Crippen LogP contribution in [0.1, 0.15) is 16.8 Å². The van der Waals surface area contributed by atoms with Crippen molar-refractivity contribution in [1.29, 1.82) is 0 Å². The topological polar surface area (TPSA) is 98.7 Å². The lowest BCUT2D eigenvalue weighted by atomic mass is 10.0. The van der Waals surface area contributed by atoms with Crippen LogP contribution < -0.4 is 5.32 Å². The molecule has 1 aliphatic rings. The lowest BCUT2D eigenvalue weighted by Crippen LogP contribution is -2.55. The summed E-state index contributed by atoms with van der Waals surface area (Å²) in [5.41, 5.74) is 1.63. The van der Waals surface area contributed by atoms with Crippen LogP contribution in [-0.4, -0.2) is 82.6 Å². The van der Waals surface area contributed by atoms with E-state index in [4.69, 9.17) is 0 Å². The molecule has 8 nitrogen and oxygen atoms in total. The van der Waals surface area contributed by atoms with Crippen molar-refractivity contribution in [3.05, 3.63) is 36.2 Å². The zero-order chi connectivity index (χ0) is 18.7. The number of carbonyl (C=O) groups excluding carboxylic acids is 2. The van der Waals surface area contributed by atoms with E-state index in [1.807, 2.05) is 4.90 Å². The Hall–Kier alpha value is -2.58. The molecule has 3 rings (SSSR count). The van der Waals surface area contributed by atoms with Crippen molar-refractivity contribution < 1.29 is 14.7 Å². The molecule has 0 spiro atoms. The number of nitrogens with one attached hydrogen (secondary N) is 1. The summed E-state index contributed by atoms with van der Waals surface area (Å²) in [6.07, 6.45) is 2.97. The van der Waals surface area contributed by atoms with Gasteiger partial charge in [-0.1, -0.05) is 6.07 Å². The Morgan fingerprint density at radius 3 is 2.81 bits per heavy atom. The average Bonchev–Trinajstić information content (AvgIpc) is 2.63. The molecule has 2 atom stereocenters. The number of nitrogens with zero attached hydrogens (tertiary/aromatic N) is 4. The van der Waals surface area contributed by atoms with Gasteiger partial charge < -0.3 is 15.3 Å². The normalized spacial score (nSPS) is 20.7. The molecule has 1 aromatic carbocycles. The Morgan fingerprint density at radius 2 is 2.08 bits per heavy atom. The van der Waals surface area contributed by atoms with E-state index in [-0.39, 0.29) is 24.4 Å². The molecule has 0 bridgehead atoms. The van der Waals surface area contributed by atoms with Crippen molar-refractivity contribution in [2.24, 2.45) is 0 Å². The summed E-state index contributed by atoms with van der Waals surface area (Å²) in [4.78, 5) is 36.3. The number of aliphatic hydroxyl groups excluding tert-OH is 1. The fourth-order valence-electron chi connectivity index (χ4n) is 3.06. The fraction of sp³-hybridized carbons (Fsp3) is 0.444. The summed E-state index contributed by atoms with van der Waals surface area (Å²) in [6, 6.07) is 4.90. The maximum Gasteiger partial charge on any atom is 0.253 e. The van der Waals surface area contributed by atoms with E-state index in [1.54, 1.807) is 44.7 Å². The number of amides is 2. The lowest BCUT2D eigenvalue weighted by Gasteiger charge is -2.36. The molecular formula is C18H23N5O3. The Labute approximate surface area is 151 Å². The number of likely N-dealkylation sites (N-methyl/N-ethyl adjacent to an activating group) is 1. The Bertz CT molecular complexity index is 805. The SMILES string of the molecule is CN(C)C(=O)CN1CC[C@@H](NC(=O)c2cccc3nccnc23)[C@H](O)C1. The van der Waals surface area contributed by atoms with Crippen LogP contribution in [0, 0.1) is 0 Å². The van der Waals surface area contributed by atoms with Crippen LogP contribution in [0.15, 0.2) is 30.6 Å². The number of para-hydroxylation sites is 1. The van der Waals surface area contributed by atoms with Gasteiger partial charge >= 0.3 is 0 Å². The summed E-state index contributed by atoms with van der Waals surface area (Å²) in [5.74, 6) is -0.285. The van der Waals surface area contributed by atoms with Gasteiger partial charge in [0.25, 0.3) is 5.91 Å². The van der Waals surface area contributed by atoms with E-state index in [0.717, 1.165) is 0 Å². The molecule has 1 fully saturated rings. The number of hydrogen-bond acceptors (Lipinski definition) is 6.